The van der Waals surface area contributed by atoms with E-state index in [0.717, 1.165) is 30.5 Å². The van der Waals surface area contributed by atoms with E-state index in [-0.39, 0.29) is 28.0 Å². The van der Waals surface area contributed by atoms with Crippen LogP contribution < -0.4 is 0 Å². The van der Waals surface area contributed by atoms with Gasteiger partial charge in [0.25, 0.3) is 0 Å². The highest BCUT2D eigenvalue weighted by atomic mass is 32.2. The summed E-state index contributed by atoms with van der Waals surface area (Å²) in [6.45, 7) is -0.479. The minimum Gasteiger partial charge on any atom is -0.478 e. The van der Waals surface area contributed by atoms with Gasteiger partial charge < -0.3 is 10.2 Å². The van der Waals surface area contributed by atoms with E-state index >= 15 is 0 Å². The maximum Gasteiger partial charge on any atom is 0.416 e. The lowest BCUT2D eigenvalue weighted by atomic mass is 9.91. The molecule has 2 aromatic rings. The Morgan fingerprint density at radius 2 is 1.43 bits per heavy atom. The molecule has 0 aliphatic carbocycles. The second kappa shape index (κ2) is 8.15. The second-order valence-corrected chi connectivity index (χ2v) is 8.02. The van der Waals surface area contributed by atoms with Crippen LogP contribution in [0.5, 0.6) is 0 Å². The van der Waals surface area contributed by atoms with E-state index in [1.165, 1.54) is 24.3 Å². The number of aliphatic hydroxyl groups is 1. The molecule has 2 aromatic carbocycles. The van der Waals surface area contributed by atoms with Crippen molar-refractivity contribution in [1.29, 1.82) is 0 Å². The molecule has 9 heteroatoms. The number of rotatable bonds is 6. The van der Waals surface area contributed by atoms with E-state index in [1.54, 1.807) is 0 Å². The highest BCUT2D eigenvalue weighted by Crippen LogP contribution is 2.33. The summed E-state index contributed by atoms with van der Waals surface area (Å²) in [5.41, 5.74) is -0.476. The molecule has 0 saturated carbocycles. The molecule has 0 aliphatic rings. The first-order valence-corrected chi connectivity index (χ1v) is 9.89. The van der Waals surface area contributed by atoms with Crippen LogP contribution in [0.4, 0.5) is 13.2 Å². The van der Waals surface area contributed by atoms with Gasteiger partial charge in [0.15, 0.2) is 9.84 Å². The van der Waals surface area contributed by atoms with Crippen LogP contribution in [0.1, 0.15) is 23.1 Å². The lowest BCUT2D eigenvalue weighted by Crippen LogP contribution is -2.09. The van der Waals surface area contributed by atoms with Crippen molar-refractivity contribution in [3.05, 3.63) is 70.8 Å². The van der Waals surface area contributed by atoms with Gasteiger partial charge in [0.2, 0.25) is 0 Å². The van der Waals surface area contributed by atoms with Gasteiger partial charge in [0.1, 0.15) is 0 Å². The predicted molar refractivity (Wildman–Crippen MR) is 96.4 cm³/mol. The number of hydrogen-bond donors (Lipinski definition) is 2. The van der Waals surface area contributed by atoms with Gasteiger partial charge in [-0.05, 0) is 41.0 Å². The average molecular weight is 414 g/mol. The summed E-state index contributed by atoms with van der Waals surface area (Å²) < 4.78 is 61.7. The van der Waals surface area contributed by atoms with Gasteiger partial charge in [-0.15, -0.1) is 0 Å². The topological polar surface area (TPSA) is 91.7 Å². The third-order valence-corrected chi connectivity index (χ3v) is 5.12. The fraction of sp³-hybridized carbons (Fsp3) is 0.211. The van der Waals surface area contributed by atoms with Crippen LogP contribution in [-0.4, -0.2) is 37.5 Å². The van der Waals surface area contributed by atoms with E-state index in [2.05, 4.69) is 0 Å². The van der Waals surface area contributed by atoms with Crippen LogP contribution in [0.25, 0.3) is 5.57 Å². The molecule has 2 rings (SSSR count). The fourth-order valence-corrected chi connectivity index (χ4v) is 3.29. The summed E-state index contributed by atoms with van der Waals surface area (Å²) >= 11 is 0. The largest absolute Gasteiger partial charge is 0.478 e. The number of carboxylic acid groups (broad SMARTS) is 1. The number of hydrogen-bond acceptors (Lipinski definition) is 4. The maximum absolute atomic E-state index is 12.8. The van der Waals surface area contributed by atoms with Crippen molar-refractivity contribution in [3.8, 4) is 0 Å². The molecule has 0 amide bonds. The molecule has 0 atom stereocenters. The Balaban J connectivity index is 2.68. The number of sulfone groups is 1. The van der Waals surface area contributed by atoms with Crippen molar-refractivity contribution >= 4 is 21.4 Å². The molecule has 0 aliphatic heterocycles. The molecule has 28 heavy (non-hydrogen) atoms. The van der Waals surface area contributed by atoms with Crippen LogP contribution in [0.15, 0.2) is 59.0 Å². The van der Waals surface area contributed by atoms with Crippen molar-refractivity contribution < 1.29 is 36.6 Å². The first-order chi connectivity index (χ1) is 12.9. The Morgan fingerprint density at radius 3 is 1.79 bits per heavy atom. The SMILES string of the molecule is CS(=O)(=O)c1ccc(/C(=C(/CCO)C(=O)O)c2ccc(C(F)(F)F)cc2)cc1. The summed E-state index contributed by atoms with van der Waals surface area (Å²) in [7, 11) is -3.48. The number of aliphatic carboxylic acids is 1. The molecule has 150 valence electrons. The van der Waals surface area contributed by atoms with Gasteiger partial charge in [0.05, 0.1) is 10.5 Å². The van der Waals surface area contributed by atoms with E-state index in [4.69, 9.17) is 0 Å². The predicted octanol–water partition coefficient (Wildman–Crippen LogP) is 3.38. The molecule has 0 heterocycles. The molecule has 5 nitrogen and oxygen atoms in total. The van der Waals surface area contributed by atoms with E-state index < -0.39 is 34.2 Å². The Kier molecular flexibility index (Phi) is 6.30. The standard InChI is InChI=1S/C19H17F3O5S/c1-28(26,27)15-8-4-13(5-9-15)17(16(10-11-23)18(24)25)12-2-6-14(7-3-12)19(20,21)22/h2-9,23H,10-11H2,1H3,(H,24,25)/b17-16-. The Labute approximate surface area is 159 Å². The van der Waals surface area contributed by atoms with E-state index in [0.29, 0.717) is 5.56 Å². The molecule has 0 saturated heterocycles. The molecule has 0 bridgehead atoms. The summed E-state index contributed by atoms with van der Waals surface area (Å²) in [5, 5.41) is 18.7. The highest BCUT2D eigenvalue weighted by Gasteiger charge is 2.30. The van der Waals surface area contributed by atoms with Crippen molar-refractivity contribution in [3.63, 3.8) is 0 Å². The molecule has 0 radical (unpaired) electrons. The quantitative estimate of drug-likeness (QED) is 0.707. The lowest BCUT2D eigenvalue weighted by Gasteiger charge is -2.15. The number of benzene rings is 2. The molecular formula is C19H17F3O5S. The fourth-order valence-electron chi connectivity index (χ4n) is 2.66. The van der Waals surface area contributed by atoms with Crippen molar-refractivity contribution in [2.24, 2.45) is 0 Å². The van der Waals surface area contributed by atoms with E-state index in [9.17, 15) is 36.6 Å². The smallest absolute Gasteiger partial charge is 0.416 e. The van der Waals surface area contributed by atoms with Gasteiger partial charge in [-0.3, -0.25) is 0 Å². The van der Waals surface area contributed by atoms with Gasteiger partial charge in [-0.25, -0.2) is 13.2 Å². The Morgan fingerprint density at radius 1 is 0.964 bits per heavy atom. The second-order valence-electron chi connectivity index (χ2n) is 6.00. The number of carboxylic acids is 1. The van der Waals surface area contributed by atoms with Gasteiger partial charge in [-0.1, -0.05) is 24.3 Å². The molecule has 0 fully saturated rings. The highest BCUT2D eigenvalue weighted by molar-refractivity contribution is 7.90. The van der Waals surface area contributed by atoms with Gasteiger partial charge >= 0.3 is 12.1 Å². The zero-order valence-corrected chi connectivity index (χ0v) is 15.5. The van der Waals surface area contributed by atoms with Crippen LogP contribution in [0, 0.1) is 0 Å². The summed E-state index contributed by atoms with van der Waals surface area (Å²) in [4.78, 5) is 11.7. The first kappa shape index (κ1) is 21.6. The monoisotopic (exact) mass is 414 g/mol. The third kappa shape index (κ3) is 4.99. The minimum absolute atomic E-state index is 0.0158. The summed E-state index contributed by atoms with van der Waals surface area (Å²) in [6.07, 6.45) is -3.76. The number of carbonyl (C=O) groups is 1. The van der Waals surface area contributed by atoms with Crippen LogP contribution in [0.2, 0.25) is 0 Å². The molecule has 0 unspecified atom stereocenters. The zero-order chi connectivity index (χ0) is 21.1. The van der Waals surface area contributed by atoms with Crippen LogP contribution in [0.3, 0.4) is 0 Å². The maximum atomic E-state index is 12.8. The Bertz CT molecular complexity index is 989. The molecule has 2 N–H and O–H groups in total. The van der Waals surface area contributed by atoms with Crippen molar-refractivity contribution in [1.82, 2.24) is 0 Å². The average Bonchev–Trinajstić information content (AvgIpc) is 2.60. The number of alkyl halides is 3. The normalized spacial score (nSPS) is 13.2. The summed E-state index contributed by atoms with van der Waals surface area (Å²) in [5.74, 6) is -1.34. The van der Waals surface area contributed by atoms with Crippen molar-refractivity contribution in [2.45, 2.75) is 17.5 Å². The zero-order valence-electron chi connectivity index (χ0n) is 14.7. The van der Waals surface area contributed by atoms with E-state index in [1.807, 2.05) is 0 Å². The molecule has 0 aromatic heterocycles. The third-order valence-electron chi connectivity index (χ3n) is 3.99. The first-order valence-electron chi connectivity index (χ1n) is 8.00. The molecular weight excluding hydrogens is 397 g/mol. The molecule has 0 spiro atoms. The Hall–Kier alpha value is -2.65. The van der Waals surface area contributed by atoms with Crippen molar-refractivity contribution in [2.75, 3.05) is 12.9 Å². The minimum atomic E-state index is -4.54. The van der Waals surface area contributed by atoms with Gasteiger partial charge in [0, 0.05) is 24.9 Å². The number of halogens is 3. The van der Waals surface area contributed by atoms with Crippen LogP contribution in [-0.2, 0) is 20.8 Å². The van der Waals surface area contributed by atoms with Gasteiger partial charge in [-0.2, -0.15) is 13.2 Å². The summed E-state index contributed by atoms with van der Waals surface area (Å²) in [6, 6.07) is 9.27. The lowest BCUT2D eigenvalue weighted by molar-refractivity contribution is -0.137. The number of aliphatic hydroxyl groups excluding tert-OH is 1. The van der Waals surface area contributed by atoms with Crippen LogP contribution >= 0.6 is 0 Å².